The summed E-state index contributed by atoms with van der Waals surface area (Å²) < 4.78 is 11.4. The fraction of sp³-hybridized carbons (Fsp3) is 0.636. The van der Waals surface area contributed by atoms with Crippen LogP contribution in [-0.2, 0) is 20.9 Å². The number of carboxylic acids is 1. The lowest BCUT2D eigenvalue weighted by atomic mass is 9.76. The molecule has 1 N–H and O–H groups in total. The Labute approximate surface area is 171 Å². The molecule has 0 radical (unpaired) electrons. The van der Waals surface area contributed by atoms with Crippen molar-refractivity contribution in [3.05, 3.63) is 29.8 Å². The number of para-hydroxylation sites is 1. The third-order valence-corrected chi connectivity index (χ3v) is 6.59. The van der Waals surface area contributed by atoms with Gasteiger partial charge in [0.2, 0.25) is 0 Å². The minimum Gasteiger partial charge on any atom is -0.483 e. The minimum absolute atomic E-state index is 0.0358. The van der Waals surface area contributed by atoms with Crippen LogP contribution in [0.3, 0.4) is 0 Å². The highest BCUT2D eigenvalue weighted by atomic mass is 16.5. The Bertz CT molecular complexity index is 748. The third-order valence-electron chi connectivity index (χ3n) is 6.59. The number of hydrogen-bond acceptors (Lipinski definition) is 5. The Morgan fingerprint density at radius 1 is 1.21 bits per heavy atom. The molecule has 1 aromatic carbocycles. The quantitative estimate of drug-likeness (QED) is 0.784. The van der Waals surface area contributed by atoms with Crippen LogP contribution in [0, 0.1) is 11.3 Å². The molecule has 0 bridgehead atoms. The number of carboxylic acid groups (broad SMARTS) is 1. The van der Waals surface area contributed by atoms with Gasteiger partial charge in [0.1, 0.15) is 11.2 Å². The van der Waals surface area contributed by atoms with E-state index in [1.165, 1.54) is 6.42 Å². The number of ether oxygens (including phenoxy) is 2. The fourth-order valence-corrected chi connectivity index (χ4v) is 4.90. The van der Waals surface area contributed by atoms with Crippen LogP contribution < -0.4 is 4.74 Å². The first kappa shape index (κ1) is 20.2. The standard InChI is InChI=1S/C22H30N2O5/c25-20(24-9-4-1-5-10-24)14-29-19-7-3-2-6-17(19)12-23-13-18-8-11-28-16-22(18,15-23)21(26)27/h2-3,6-7,18H,1,4-5,8-16H2,(H,26,27)/t18-,22+/m0/s1. The Hall–Kier alpha value is -2.12. The Morgan fingerprint density at radius 2 is 2.00 bits per heavy atom. The number of hydrogen-bond donors (Lipinski definition) is 1. The lowest BCUT2D eigenvalue weighted by molar-refractivity contribution is -0.159. The van der Waals surface area contributed by atoms with Crippen LogP contribution in [0.15, 0.2) is 24.3 Å². The molecule has 158 valence electrons. The van der Waals surface area contributed by atoms with Gasteiger partial charge in [0.05, 0.1) is 6.61 Å². The molecule has 0 spiro atoms. The number of piperidine rings is 1. The first-order valence-corrected chi connectivity index (χ1v) is 10.6. The number of fused-ring (bicyclic) bond motifs is 1. The predicted octanol–water partition coefficient (Wildman–Crippen LogP) is 2.00. The van der Waals surface area contributed by atoms with Gasteiger partial charge in [0, 0.05) is 44.9 Å². The van der Waals surface area contributed by atoms with E-state index in [9.17, 15) is 14.7 Å². The Morgan fingerprint density at radius 3 is 2.76 bits per heavy atom. The molecule has 0 aromatic heterocycles. The zero-order valence-corrected chi connectivity index (χ0v) is 16.8. The van der Waals surface area contributed by atoms with E-state index in [2.05, 4.69) is 4.90 Å². The maximum atomic E-state index is 12.4. The normalized spacial score (nSPS) is 27.4. The van der Waals surface area contributed by atoms with Crippen molar-refractivity contribution in [2.45, 2.75) is 32.2 Å². The molecule has 7 heteroatoms. The van der Waals surface area contributed by atoms with Gasteiger partial charge in [-0.3, -0.25) is 14.5 Å². The second kappa shape index (κ2) is 8.71. The van der Waals surface area contributed by atoms with Crippen molar-refractivity contribution < 1.29 is 24.2 Å². The van der Waals surface area contributed by atoms with Gasteiger partial charge in [-0.25, -0.2) is 0 Å². The molecule has 7 nitrogen and oxygen atoms in total. The number of carbonyl (C=O) groups is 2. The van der Waals surface area contributed by atoms with Crippen LogP contribution in [0.25, 0.3) is 0 Å². The van der Waals surface area contributed by atoms with Gasteiger partial charge in [-0.2, -0.15) is 0 Å². The zero-order valence-electron chi connectivity index (χ0n) is 16.8. The number of carbonyl (C=O) groups excluding carboxylic acids is 1. The SMILES string of the molecule is O=C(COc1ccccc1CN1C[C@@H]2CCOC[C@]2(C(=O)O)C1)N1CCCCC1. The van der Waals surface area contributed by atoms with Crippen LogP contribution in [0.2, 0.25) is 0 Å². The molecule has 3 aliphatic rings. The predicted molar refractivity (Wildman–Crippen MR) is 107 cm³/mol. The number of aliphatic carboxylic acids is 1. The molecule has 1 aromatic rings. The zero-order chi connectivity index (χ0) is 20.3. The highest BCUT2D eigenvalue weighted by Crippen LogP contribution is 2.42. The van der Waals surface area contributed by atoms with E-state index >= 15 is 0 Å². The lowest BCUT2D eigenvalue weighted by Crippen LogP contribution is -2.46. The second-order valence-electron chi connectivity index (χ2n) is 8.51. The third kappa shape index (κ3) is 4.26. The number of nitrogens with zero attached hydrogens (tertiary/aromatic N) is 2. The Balaban J connectivity index is 1.40. The molecule has 3 heterocycles. The maximum Gasteiger partial charge on any atom is 0.313 e. The summed E-state index contributed by atoms with van der Waals surface area (Å²) >= 11 is 0. The van der Waals surface area contributed by atoms with E-state index in [1.807, 2.05) is 29.2 Å². The first-order chi connectivity index (χ1) is 14.1. The van der Waals surface area contributed by atoms with E-state index < -0.39 is 11.4 Å². The highest BCUT2D eigenvalue weighted by Gasteiger charge is 2.54. The smallest absolute Gasteiger partial charge is 0.313 e. The lowest BCUT2D eigenvalue weighted by Gasteiger charge is -2.34. The van der Waals surface area contributed by atoms with Crippen molar-refractivity contribution in [1.82, 2.24) is 9.80 Å². The summed E-state index contributed by atoms with van der Waals surface area (Å²) in [5.74, 6) is 0.0888. The summed E-state index contributed by atoms with van der Waals surface area (Å²) in [6.07, 6.45) is 4.10. The van der Waals surface area contributed by atoms with Gasteiger partial charge in [-0.05, 0) is 37.7 Å². The van der Waals surface area contributed by atoms with Crippen molar-refractivity contribution in [3.63, 3.8) is 0 Å². The van der Waals surface area contributed by atoms with E-state index in [-0.39, 0.29) is 25.0 Å². The van der Waals surface area contributed by atoms with Crippen LogP contribution in [0.1, 0.15) is 31.2 Å². The Kier molecular flexibility index (Phi) is 6.06. The summed E-state index contributed by atoms with van der Waals surface area (Å²) in [4.78, 5) is 28.5. The van der Waals surface area contributed by atoms with Gasteiger partial charge in [0.15, 0.2) is 6.61 Å². The number of rotatable bonds is 6. The summed E-state index contributed by atoms with van der Waals surface area (Å²) in [6, 6.07) is 7.74. The van der Waals surface area contributed by atoms with Gasteiger partial charge in [-0.15, -0.1) is 0 Å². The van der Waals surface area contributed by atoms with Gasteiger partial charge in [0.25, 0.3) is 5.91 Å². The fourth-order valence-electron chi connectivity index (χ4n) is 4.90. The number of amides is 1. The topological polar surface area (TPSA) is 79.3 Å². The summed E-state index contributed by atoms with van der Waals surface area (Å²) in [6.45, 7) is 4.44. The van der Waals surface area contributed by atoms with Crippen molar-refractivity contribution in [3.8, 4) is 5.75 Å². The molecule has 4 rings (SSSR count). The summed E-state index contributed by atoms with van der Waals surface area (Å²) in [7, 11) is 0. The van der Waals surface area contributed by atoms with Crippen molar-refractivity contribution in [2.75, 3.05) is 46.0 Å². The first-order valence-electron chi connectivity index (χ1n) is 10.6. The molecule has 3 fully saturated rings. The number of benzene rings is 1. The largest absolute Gasteiger partial charge is 0.483 e. The van der Waals surface area contributed by atoms with Crippen LogP contribution in [0.4, 0.5) is 0 Å². The maximum absolute atomic E-state index is 12.4. The van der Waals surface area contributed by atoms with Crippen LogP contribution in [0.5, 0.6) is 5.75 Å². The number of likely N-dealkylation sites (tertiary alicyclic amines) is 2. The monoisotopic (exact) mass is 402 g/mol. The van der Waals surface area contributed by atoms with E-state index in [4.69, 9.17) is 9.47 Å². The molecular weight excluding hydrogens is 372 g/mol. The molecular formula is C22H30N2O5. The minimum atomic E-state index is -0.807. The average Bonchev–Trinajstić information content (AvgIpc) is 3.13. The molecule has 2 atom stereocenters. The summed E-state index contributed by atoms with van der Waals surface area (Å²) in [5, 5.41) is 9.83. The highest BCUT2D eigenvalue weighted by molar-refractivity contribution is 5.78. The van der Waals surface area contributed by atoms with Crippen molar-refractivity contribution in [2.24, 2.45) is 11.3 Å². The molecule has 3 aliphatic heterocycles. The van der Waals surface area contributed by atoms with E-state index in [0.717, 1.165) is 44.5 Å². The molecule has 29 heavy (non-hydrogen) atoms. The molecule has 0 unspecified atom stereocenters. The van der Waals surface area contributed by atoms with Crippen molar-refractivity contribution in [1.29, 1.82) is 0 Å². The van der Waals surface area contributed by atoms with Crippen LogP contribution >= 0.6 is 0 Å². The summed E-state index contributed by atoms with van der Waals surface area (Å²) in [5.41, 5.74) is 0.178. The van der Waals surface area contributed by atoms with Gasteiger partial charge >= 0.3 is 5.97 Å². The van der Waals surface area contributed by atoms with E-state index in [0.29, 0.717) is 25.4 Å². The average molecular weight is 402 g/mol. The van der Waals surface area contributed by atoms with Gasteiger partial charge in [-0.1, -0.05) is 18.2 Å². The van der Waals surface area contributed by atoms with Gasteiger partial charge < -0.3 is 19.5 Å². The molecule has 0 aliphatic carbocycles. The van der Waals surface area contributed by atoms with Crippen LogP contribution in [-0.4, -0.2) is 72.8 Å². The van der Waals surface area contributed by atoms with E-state index in [1.54, 1.807) is 0 Å². The second-order valence-corrected chi connectivity index (χ2v) is 8.51. The molecule has 1 amide bonds. The molecule has 0 saturated carbocycles. The van der Waals surface area contributed by atoms with Crippen molar-refractivity contribution >= 4 is 11.9 Å². The molecule has 3 saturated heterocycles.